The largest absolute Gasteiger partial charge is 0.361 e. The molecule has 0 aliphatic heterocycles. The minimum absolute atomic E-state index is 0.102. The minimum Gasteiger partial charge on any atom is -0.361 e. The van der Waals surface area contributed by atoms with Crippen molar-refractivity contribution in [2.24, 2.45) is 5.92 Å². The Balaban J connectivity index is 1.86. The van der Waals surface area contributed by atoms with Crippen LogP contribution < -0.4 is 10.6 Å². The van der Waals surface area contributed by atoms with Gasteiger partial charge in [-0.3, -0.25) is 0 Å². The molecule has 0 spiro atoms. The van der Waals surface area contributed by atoms with Gasteiger partial charge in [0.1, 0.15) is 5.76 Å². The van der Waals surface area contributed by atoms with Crippen LogP contribution >= 0.6 is 0 Å². The minimum atomic E-state index is -0.111. The van der Waals surface area contributed by atoms with Gasteiger partial charge in [0, 0.05) is 11.6 Å². The highest BCUT2D eigenvalue weighted by Gasteiger charge is 2.23. The van der Waals surface area contributed by atoms with E-state index < -0.39 is 0 Å². The smallest absolute Gasteiger partial charge is 0.315 e. The quantitative estimate of drug-likeness (QED) is 0.891. The SMILES string of the molecule is Cc1noc(C)c1[C@@H](C)NC(=O)N[C@H](C)C1CCCCC1. The molecule has 1 fully saturated rings. The van der Waals surface area contributed by atoms with Crippen molar-refractivity contribution in [3.63, 3.8) is 0 Å². The molecule has 21 heavy (non-hydrogen) atoms. The van der Waals surface area contributed by atoms with Crippen LogP contribution in [-0.4, -0.2) is 17.2 Å². The predicted octanol–water partition coefficient (Wildman–Crippen LogP) is 3.62. The zero-order chi connectivity index (χ0) is 15.4. The number of hydrogen-bond donors (Lipinski definition) is 2. The molecule has 2 N–H and O–H groups in total. The lowest BCUT2D eigenvalue weighted by Gasteiger charge is -2.28. The molecule has 1 aromatic rings. The first-order chi connectivity index (χ1) is 9.99. The van der Waals surface area contributed by atoms with Crippen molar-refractivity contribution in [3.8, 4) is 0 Å². The van der Waals surface area contributed by atoms with E-state index in [2.05, 4.69) is 22.7 Å². The molecular weight excluding hydrogens is 266 g/mol. The van der Waals surface area contributed by atoms with Crippen molar-refractivity contribution in [2.75, 3.05) is 0 Å². The van der Waals surface area contributed by atoms with Gasteiger partial charge in [-0.25, -0.2) is 4.79 Å². The number of carbonyl (C=O) groups is 1. The van der Waals surface area contributed by atoms with Crippen LogP contribution in [0.2, 0.25) is 0 Å². The summed E-state index contributed by atoms with van der Waals surface area (Å²) in [5.74, 6) is 1.37. The third-order valence-corrected chi connectivity index (χ3v) is 4.58. The van der Waals surface area contributed by atoms with E-state index in [9.17, 15) is 4.79 Å². The summed E-state index contributed by atoms with van der Waals surface area (Å²) in [6.07, 6.45) is 6.35. The molecule has 5 heteroatoms. The summed E-state index contributed by atoms with van der Waals surface area (Å²) in [7, 11) is 0. The van der Waals surface area contributed by atoms with Gasteiger partial charge in [-0.15, -0.1) is 0 Å². The molecule has 118 valence electrons. The molecule has 0 radical (unpaired) electrons. The lowest BCUT2D eigenvalue weighted by molar-refractivity contribution is 0.222. The fraction of sp³-hybridized carbons (Fsp3) is 0.750. The molecule has 0 saturated heterocycles. The number of amides is 2. The topological polar surface area (TPSA) is 67.2 Å². The Bertz CT molecular complexity index is 458. The van der Waals surface area contributed by atoms with Crippen molar-refractivity contribution >= 4 is 6.03 Å². The van der Waals surface area contributed by atoms with Crippen LogP contribution in [0.4, 0.5) is 4.79 Å². The van der Waals surface area contributed by atoms with Crippen LogP contribution in [0.15, 0.2) is 4.52 Å². The maximum absolute atomic E-state index is 12.2. The zero-order valence-corrected chi connectivity index (χ0v) is 13.5. The van der Waals surface area contributed by atoms with Crippen LogP contribution in [0, 0.1) is 19.8 Å². The van der Waals surface area contributed by atoms with Gasteiger partial charge in [-0.2, -0.15) is 0 Å². The average molecular weight is 293 g/mol. The van der Waals surface area contributed by atoms with Crippen LogP contribution in [0.3, 0.4) is 0 Å². The van der Waals surface area contributed by atoms with E-state index in [1.54, 1.807) is 0 Å². The number of nitrogens with zero attached hydrogens (tertiary/aromatic N) is 1. The monoisotopic (exact) mass is 293 g/mol. The molecule has 2 atom stereocenters. The van der Waals surface area contributed by atoms with Gasteiger partial charge < -0.3 is 15.2 Å². The number of carbonyl (C=O) groups excluding carboxylic acids is 1. The van der Waals surface area contributed by atoms with Crippen molar-refractivity contribution in [1.82, 2.24) is 15.8 Å². The van der Waals surface area contributed by atoms with Gasteiger partial charge in [0.2, 0.25) is 0 Å². The number of rotatable bonds is 4. The molecule has 2 rings (SSSR count). The second-order valence-electron chi connectivity index (χ2n) is 6.26. The molecule has 1 heterocycles. The standard InChI is InChI=1S/C16H27N3O2/c1-10(14-8-6-5-7-9-14)17-16(20)18-11(2)15-12(3)19-21-13(15)4/h10-11,14H,5-9H2,1-4H3,(H2,17,18,20)/t10-,11-/m1/s1. The number of hydrogen-bond acceptors (Lipinski definition) is 3. The average Bonchev–Trinajstić information content (AvgIpc) is 2.78. The third-order valence-electron chi connectivity index (χ3n) is 4.58. The molecule has 1 aliphatic rings. The molecule has 2 amide bonds. The fourth-order valence-electron chi connectivity index (χ4n) is 3.38. The van der Waals surface area contributed by atoms with E-state index in [0.29, 0.717) is 5.92 Å². The normalized spacial score (nSPS) is 19.0. The molecule has 1 saturated carbocycles. The summed E-state index contributed by atoms with van der Waals surface area (Å²) >= 11 is 0. The Labute approximate surface area is 126 Å². The molecule has 0 aromatic carbocycles. The number of nitrogens with one attached hydrogen (secondary N) is 2. The van der Waals surface area contributed by atoms with Crippen LogP contribution in [0.1, 0.15) is 69.0 Å². The van der Waals surface area contributed by atoms with E-state index in [1.165, 1.54) is 32.1 Å². The van der Waals surface area contributed by atoms with Gasteiger partial charge in [0.25, 0.3) is 0 Å². The highest BCUT2D eigenvalue weighted by Crippen LogP contribution is 2.26. The van der Waals surface area contributed by atoms with E-state index >= 15 is 0 Å². The maximum Gasteiger partial charge on any atom is 0.315 e. The highest BCUT2D eigenvalue weighted by molar-refractivity contribution is 5.74. The van der Waals surface area contributed by atoms with Gasteiger partial charge >= 0.3 is 6.03 Å². The fourth-order valence-corrected chi connectivity index (χ4v) is 3.38. The van der Waals surface area contributed by atoms with Crippen LogP contribution in [-0.2, 0) is 0 Å². The first-order valence-electron chi connectivity index (χ1n) is 7.98. The summed E-state index contributed by atoms with van der Waals surface area (Å²) in [5, 5.41) is 10.00. The van der Waals surface area contributed by atoms with Gasteiger partial charge in [-0.05, 0) is 46.5 Å². The maximum atomic E-state index is 12.2. The first kappa shape index (κ1) is 15.9. The summed E-state index contributed by atoms with van der Waals surface area (Å²) in [5.41, 5.74) is 1.80. The second-order valence-corrected chi connectivity index (χ2v) is 6.26. The predicted molar refractivity (Wildman–Crippen MR) is 82.1 cm³/mol. The Morgan fingerprint density at radius 3 is 2.43 bits per heavy atom. The van der Waals surface area contributed by atoms with Crippen molar-refractivity contribution in [2.45, 2.75) is 71.9 Å². The Kier molecular flexibility index (Phi) is 5.26. The number of aromatic nitrogens is 1. The number of aryl methyl sites for hydroxylation is 2. The molecule has 0 unspecified atom stereocenters. The third kappa shape index (κ3) is 3.99. The second kappa shape index (κ2) is 6.96. The molecule has 0 bridgehead atoms. The summed E-state index contributed by atoms with van der Waals surface area (Å²) in [4.78, 5) is 12.2. The van der Waals surface area contributed by atoms with Gasteiger partial charge in [0.15, 0.2) is 0 Å². The Morgan fingerprint density at radius 1 is 1.19 bits per heavy atom. The molecule has 5 nitrogen and oxygen atoms in total. The van der Waals surface area contributed by atoms with Gasteiger partial charge in [0.05, 0.1) is 11.7 Å². The van der Waals surface area contributed by atoms with Crippen LogP contribution in [0.5, 0.6) is 0 Å². The lowest BCUT2D eigenvalue weighted by atomic mass is 9.85. The summed E-state index contributed by atoms with van der Waals surface area (Å²) in [6.45, 7) is 7.83. The van der Waals surface area contributed by atoms with Gasteiger partial charge in [-0.1, -0.05) is 24.4 Å². The van der Waals surface area contributed by atoms with Crippen molar-refractivity contribution < 1.29 is 9.32 Å². The van der Waals surface area contributed by atoms with Crippen molar-refractivity contribution in [1.29, 1.82) is 0 Å². The highest BCUT2D eigenvalue weighted by atomic mass is 16.5. The molecule has 1 aromatic heterocycles. The molecular formula is C16H27N3O2. The Morgan fingerprint density at radius 2 is 1.86 bits per heavy atom. The van der Waals surface area contributed by atoms with E-state index in [0.717, 1.165) is 17.0 Å². The number of urea groups is 1. The van der Waals surface area contributed by atoms with E-state index in [1.807, 2.05) is 20.8 Å². The van der Waals surface area contributed by atoms with Crippen molar-refractivity contribution in [3.05, 3.63) is 17.0 Å². The Hall–Kier alpha value is -1.52. The molecule has 1 aliphatic carbocycles. The van der Waals surface area contributed by atoms with E-state index in [-0.39, 0.29) is 18.1 Å². The lowest BCUT2D eigenvalue weighted by Crippen LogP contribution is -2.45. The summed E-state index contributed by atoms with van der Waals surface area (Å²) < 4.78 is 5.15. The zero-order valence-electron chi connectivity index (χ0n) is 13.5. The van der Waals surface area contributed by atoms with Crippen LogP contribution in [0.25, 0.3) is 0 Å². The summed E-state index contributed by atoms with van der Waals surface area (Å²) in [6, 6.07) is 0.0116. The van der Waals surface area contributed by atoms with E-state index in [4.69, 9.17) is 4.52 Å². The first-order valence-corrected chi connectivity index (χ1v) is 7.98.